The summed E-state index contributed by atoms with van der Waals surface area (Å²) in [5.41, 5.74) is 6.34. The molecule has 0 aliphatic rings. The highest BCUT2D eigenvalue weighted by molar-refractivity contribution is 5.26. The van der Waals surface area contributed by atoms with Gasteiger partial charge in [-0.25, -0.2) is 0 Å². The fourth-order valence-electron chi connectivity index (χ4n) is 2.07. The molecule has 1 aromatic heterocycles. The summed E-state index contributed by atoms with van der Waals surface area (Å²) < 4.78 is 41.0. The lowest BCUT2D eigenvalue weighted by Gasteiger charge is -2.25. The van der Waals surface area contributed by atoms with Crippen LogP contribution in [-0.4, -0.2) is 16.0 Å². The van der Waals surface area contributed by atoms with Crippen LogP contribution in [0.2, 0.25) is 0 Å². The van der Waals surface area contributed by atoms with E-state index in [0.29, 0.717) is 5.56 Å². The van der Waals surface area contributed by atoms with Crippen molar-refractivity contribution < 1.29 is 13.2 Å². The van der Waals surface area contributed by atoms with Crippen LogP contribution in [0.3, 0.4) is 0 Å². The molecule has 0 saturated carbocycles. The second kappa shape index (κ2) is 5.05. The van der Waals surface area contributed by atoms with E-state index >= 15 is 0 Å². The Kier molecular flexibility index (Phi) is 3.61. The van der Waals surface area contributed by atoms with Gasteiger partial charge in [0.2, 0.25) is 0 Å². The first-order valence-corrected chi connectivity index (χ1v) is 5.75. The van der Waals surface area contributed by atoms with E-state index in [4.69, 9.17) is 5.73 Å². The summed E-state index contributed by atoms with van der Waals surface area (Å²) in [6.45, 7) is 0. The Balaban J connectivity index is 2.39. The molecular weight excluding hydrogens is 255 g/mol. The van der Waals surface area contributed by atoms with Crippen LogP contribution < -0.4 is 5.73 Å². The van der Waals surface area contributed by atoms with Crippen molar-refractivity contribution in [1.29, 1.82) is 0 Å². The minimum absolute atomic E-state index is 0.0753. The standard InChI is InChI=1S/C13H14F3N3/c1-19-8-10(7-18-19)11(13(14,15)16)12(17)9-5-3-2-4-6-9/h2-8,11-12H,17H2,1H3. The molecular formula is C13H14F3N3. The topological polar surface area (TPSA) is 43.8 Å². The highest BCUT2D eigenvalue weighted by Gasteiger charge is 2.45. The van der Waals surface area contributed by atoms with E-state index in [9.17, 15) is 13.2 Å². The third-order valence-corrected chi connectivity index (χ3v) is 2.98. The fourth-order valence-corrected chi connectivity index (χ4v) is 2.07. The molecule has 0 radical (unpaired) electrons. The average Bonchev–Trinajstić information content (AvgIpc) is 2.75. The van der Waals surface area contributed by atoms with Gasteiger partial charge in [0, 0.05) is 24.8 Å². The molecule has 102 valence electrons. The lowest BCUT2D eigenvalue weighted by atomic mass is 9.89. The number of alkyl halides is 3. The summed E-state index contributed by atoms with van der Waals surface area (Å²) in [4.78, 5) is 0. The van der Waals surface area contributed by atoms with Gasteiger partial charge >= 0.3 is 6.18 Å². The van der Waals surface area contributed by atoms with Crippen LogP contribution in [-0.2, 0) is 7.05 Å². The van der Waals surface area contributed by atoms with Crippen molar-refractivity contribution in [3.63, 3.8) is 0 Å². The van der Waals surface area contributed by atoms with Gasteiger partial charge in [0.1, 0.15) is 5.92 Å². The molecule has 0 spiro atoms. The van der Waals surface area contributed by atoms with E-state index in [2.05, 4.69) is 5.10 Å². The van der Waals surface area contributed by atoms with Gasteiger partial charge < -0.3 is 5.73 Å². The van der Waals surface area contributed by atoms with E-state index in [-0.39, 0.29) is 5.56 Å². The number of hydrogen-bond acceptors (Lipinski definition) is 2. The monoisotopic (exact) mass is 269 g/mol. The predicted octanol–water partition coefficient (Wildman–Crippen LogP) is 2.77. The first-order chi connectivity index (χ1) is 8.89. The van der Waals surface area contributed by atoms with E-state index in [0.717, 1.165) is 0 Å². The highest BCUT2D eigenvalue weighted by Crippen LogP contribution is 2.42. The van der Waals surface area contributed by atoms with Crippen LogP contribution in [0.5, 0.6) is 0 Å². The van der Waals surface area contributed by atoms with Gasteiger partial charge in [0.25, 0.3) is 0 Å². The van der Waals surface area contributed by atoms with Crippen LogP contribution >= 0.6 is 0 Å². The largest absolute Gasteiger partial charge is 0.397 e. The first kappa shape index (κ1) is 13.6. The number of benzene rings is 1. The van der Waals surface area contributed by atoms with Crippen molar-refractivity contribution in [3.8, 4) is 0 Å². The van der Waals surface area contributed by atoms with Gasteiger partial charge in [0.15, 0.2) is 0 Å². The quantitative estimate of drug-likeness (QED) is 0.931. The molecule has 1 aromatic carbocycles. The Morgan fingerprint density at radius 1 is 1.16 bits per heavy atom. The average molecular weight is 269 g/mol. The number of aromatic nitrogens is 2. The number of aryl methyl sites for hydroxylation is 1. The Labute approximate surface area is 108 Å². The fraction of sp³-hybridized carbons (Fsp3) is 0.308. The van der Waals surface area contributed by atoms with Gasteiger partial charge in [-0.2, -0.15) is 18.3 Å². The van der Waals surface area contributed by atoms with Crippen LogP contribution in [0.1, 0.15) is 23.1 Å². The molecule has 3 nitrogen and oxygen atoms in total. The number of rotatable bonds is 3. The zero-order chi connectivity index (χ0) is 14.0. The van der Waals surface area contributed by atoms with Crippen molar-refractivity contribution in [2.75, 3.05) is 0 Å². The number of halogens is 3. The number of nitrogens with zero attached hydrogens (tertiary/aromatic N) is 2. The highest BCUT2D eigenvalue weighted by atomic mass is 19.4. The van der Waals surface area contributed by atoms with Crippen molar-refractivity contribution in [2.45, 2.75) is 18.1 Å². The molecule has 0 amide bonds. The van der Waals surface area contributed by atoms with Gasteiger partial charge in [-0.1, -0.05) is 30.3 Å². The molecule has 0 bridgehead atoms. The van der Waals surface area contributed by atoms with Crippen LogP contribution in [0.15, 0.2) is 42.7 Å². The maximum Gasteiger partial charge on any atom is 0.397 e. The second-order valence-corrected chi connectivity index (χ2v) is 4.40. The summed E-state index contributed by atoms with van der Waals surface area (Å²) in [7, 11) is 1.57. The zero-order valence-electron chi connectivity index (χ0n) is 10.3. The molecule has 2 N–H and O–H groups in total. The van der Waals surface area contributed by atoms with E-state index in [1.165, 1.54) is 17.1 Å². The summed E-state index contributed by atoms with van der Waals surface area (Å²) in [5, 5.41) is 3.79. The summed E-state index contributed by atoms with van der Waals surface area (Å²) in [6.07, 6.45) is -1.86. The van der Waals surface area contributed by atoms with Crippen LogP contribution in [0, 0.1) is 0 Å². The first-order valence-electron chi connectivity index (χ1n) is 5.75. The van der Waals surface area contributed by atoms with Crippen LogP contribution in [0.4, 0.5) is 13.2 Å². The maximum atomic E-state index is 13.2. The van der Waals surface area contributed by atoms with E-state index < -0.39 is 18.1 Å². The van der Waals surface area contributed by atoms with Crippen molar-refractivity contribution >= 4 is 0 Å². The molecule has 6 heteroatoms. The molecule has 19 heavy (non-hydrogen) atoms. The van der Waals surface area contributed by atoms with Crippen molar-refractivity contribution in [1.82, 2.24) is 9.78 Å². The summed E-state index contributed by atoms with van der Waals surface area (Å²) >= 11 is 0. The normalized spacial score (nSPS) is 15.2. The van der Waals surface area contributed by atoms with Gasteiger partial charge in [-0.3, -0.25) is 4.68 Å². The molecule has 0 aliphatic carbocycles. The number of nitrogens with two attached hydrogens (primary N) is 1. The van der Waals surface area contributed by atoms with Crippen LogP contribution in [0.25, 0.3) is 0 Å². The Morgan fingerprint density at radius 3 is 2.26 bits per heavy atom. The predicted molar refractivity (Wildman–Crippen MR) is 65.4 cm³/mol. The van der Waals surface area contributed by atoms with Gasteiger partial charge in [-0.05, 0) is 5.56 Å². The molecule has 2 aromatic rings. The van der Waals surface area contributed by atoms with E-state index in [1.54, 1.807) is 37.4 Å². The lowest BCUT2D eigenvalue weighted by Crippen LogP contribution is -2.31. The molecule has 1 heterocycles. The zero-order valence-corrected chi connectivity index (χ0v) is 10.3. The lowest BCUT2D eigenvalue weighted by molar-refractivity contribution is -0.155. The summed E-state index contributed by atoms with van der Waals surface area (Å²) in [5.74, 6) is -1.76. The Bertz CT molecular complexity index is 534. The SMILES string of the molecule is Cn1cc(C(C(N)c2ccccc2)C(F)(F)F)cn1. The Morgan fingerprint density at radius 2 is 1.79 bits per heavy atom. The minimum Gasteiger partial charge on any atom is -0.323 e. The van der Waals surface area contributed by atoms with Gasteiger partial charge in [-0.15, -0.1) is 0 Å². The van der Waals surface area contributed by atoms with E-state index in [1.807, 2.05) is 0 Å². The third kappa shape index (κ3) is 2.96. The maximum absolute atomic E-state index is 13.2. The van der Waals surface area contributed by atoms with Crippen molar-refractivity contribution in [3.05, 3.63) is 53.9 Å². The Hall–Kier alpha value is -1.82. The molecule has 2 unspecified atom stereocenters. The number of hydrogen-bond donors (Lipinski definition) is 1. The molecule has 0 aliphatic heterocycles. The molecule has 0 saturated heterocycles. The smallest absolute Gasteiger partial charge is 0.323 e. The summed E-state index contributed by atoms with van der Waals surface area (Å²) in [6, 6.07) is 7.13. The third-order valence-electron chi connectivity index (χ3n) is 2.98. The molecule has 2 atom stereocenters. The minimum atomic E-state index is -4.42. The van der Waals surface area contributed by atoms with Gasteiger partial charge in [0.05, 0.1) is 6.20 Å². The molecule has 0 fully saturated rings. The second-order valence-electron chi connectivity index (χ2n) is 4.40. The van der Waals surface area contributed by atoms with Crippen molar-refractivity contribution in [2.24, 2.45) is 12.8 Å². The molecule has 2 rings (SSSR count).